The van der Waals surface area contributed by atoms with Crippen molar-refractivity contribution in [1.29, 1.82) is 0 Å². The SMILES string of the molecule is CCCCCOC(=O)c1ccc(C2CCC(C3CCC(CCCC)CC3)CC2)cc1. The van der Waals surface area contributed by atoms with Gasteiger partial charge in [0.05, 0.1) is 12.2 Å². The summed E-state index contributed by atoms with van der Waals surface area (Å²) in [4.78, 5) is 12.2. The Bertz CT molecular complexity index is 604. The molecule has 1 aromatic carbocycles. The molecule has 0 aromatic heterocycles. The van der Waals surface area contributed by atoms with Crippen molar-refractivity contribution in [2.75, 3.05) is 6.61 Å². The highest BCUT2D eigenvalue weighted by Gasteiger charge is 2.31. The molecule has 0 amide bonds. The molecule has 0 N–H and O–H groups in total. The highest BCUT2D eigenvalue weighted by atomic mass is 16.5. The zero-order valence-corrected chi connectivity index (χ0v) is 19.5. The van der Waals surface area contributed by atoms with E-state index in [1.165, 1.54) is 76.2 Å². The van der Waals surface area contributed by atoms with E-state index >= 15 is 0 Å². The van der Waals surface area contributed by atoms with Gasteiger partial charge in [-0.1, -0.05) is 70.9 Å². The number of hydrogen-bond donors (Lipinski definition) is 0. The summed E-state index contributed by atoms with van der Waals surface area (Å²) in [7, 11) is 0. The maximum atomic E-state index is 12.2. The van der Waals surface area contributed by atoms with Crippen LogP contribution in [0.25, 0.3) is 0 Å². The van der Waals surface area contributed by atoms with Crippen LogP contribution in [0.3, 0.4) is 0 Å². The summed E-state index contributed by atoms with van der Waals surface area (Å²) in [5.74, 6) is 3.49. The molecular formula is C28H44O2. The van der Waals surface area contributed by atoms with Crippen LogP contribution in [-0.4, -0.2) is 12.6 Å². The number of carbonyl (C=O) groups excluding carboxylic acids is 1. The molecule has 0 saturated heterocycles. The van der Waals surface area contributed by atoms with Gasteiger partial charge in [-0.15, -0.1) is 0 Å². The van der Waals surface area contributed by atoms with Crippen molar-refractivity contribution in [3.63, 3.8) is 0 Å². The molecule has 2 aliphatic rings. The van der Waals surface area contributed by atoms with Crippen LogP contribution in [0.4, 0.5) is 0 Å². The van der Waals surface area contributed by atoms with Gasteiger partial charge in [-0.25, -0.2) is 4.79 Å². The first-order valence-electron chi connectivity index (χ1n) is 13.0. The minimum absolute atomic E-state index is 0.170. The van der Waals surface area contributed by atoms with Gasteiger partial charge in [0.1, 0.15) is 0 Å². The first-order valence-corrected chi connectivity index (χ1v) is 13.0. The fraction of sp³-hybridized carbons (Fsp3) is 0.750. The number of ether oxygens (including phenoxy) is 1. The third-order valence-corrected chi connectivity index (χ3v) is 7.89. The van der Waals surface area contributed by atoms with E-state index in [4.69, 9.17) is 4.74 Å². The number of hydrogen-bond acceptors (Lipinski definition) is 2. The van der Waals surface area contributed by atoms with Gasteiger partial charge in [0.25, 0.3) is 0 Å². The molecule has 2 saturated carbocycles. The smallest absolute Gasteiger partial charge is 0.338 e. The first kappa shape index (κ1) is 23.4. The molecule has 2 fully saturated rings. The Morgan fingerprint density at radius 1 is 0.800 bits per heavy atom. The number of esters is 1. The summed E-state index contributed by atoms with van der Waals surface area (Å²) in [5, 5.41) is 0. The Balaban J connectivity index is 1.40. The Morgan fingerprint density at radius 2 is 1.40 bits per heavy atom. The Hall–Kier alpha value is -1.31. The van der Waals surface area contributed by atoms with Crippen LogP contribution in [0, 0.1) is 17.8 Å². The van der Waals surface area contributed by atoms with Crippen molar-refractivity contribution in [2.45, 2.75) is 110 Å². The third-order valence-electron chi connectivity index (χ3n) is 7.89. The van der Waals surface area contributed by atoms with Crippen molar-refractivity contribution >= 4 is 5.97 Å². The molecular weight excluding hydrogens is 368 g/mol. The highest BCUT2D eigenvalue weighted by molar-refractivity contribution is 5.89. The lowest BCUT2D eigenvalue weighted by atomic mass is 9.68. The highest BCUT2D eigenvalue weighted by Crippen LogP contribution is 2.44. The van der Waals surface area contributed by atoms with Gasteiger partial charge in [0.2, 0.25) is 0 Å². The van der Waals surface area contributed by atoms with Crippen LogP contribution in [0.15, 0.2) is 24.3 Å². The molecule has 30 heavy (non-hydrogen) atoms. The second-order valence-electron chi connectivity index (χ2n) is 10.00. The van der Waals surface area contributed by atoms with E-state index in [9.17, 15) is 4.79 Å². The molecule has 1 aromatic rings. The van der Waals surface area contributed by atoms with E-state index in [-0.39, 0.29) is 5.97 Å². The van der Waals surface area contributed by atoms with Crippen LogP contribution < -0.4 is 0 Å². The molecule has 0 atom stereocenters. The lowest BCUT2D eigenvalue weighted by Gasteiger charge is -2.38. The van der Waals surface area contributed by atoms with Gasteiger partial charge in [-0.2, -0.15) is 0 Å². The zero-order valence-electron chi connectivity index (χ0n) is 19.5. The molecule has 0 spiro atoms. The maximum absolute atomic E-state index is 12.2. The van der Waals surface area contributed by atoms with Crippen molar-refractivity contribution in [3.8, 4) is 0 Å². The molecule has 0 heterocycles. The van der Waals surface area contributed by atoms with Gasteiger partial charge in [-0.3, -0.25) is 0 Å². The van der Waals surface area contributed by atoms with Crippen LogP contribution >= 0.6 is 0 Å². The fourth-order valence-electron chi connectivity index (χ4n) is 5.86. The largest absolute Gasteiger partial charge is 0.462 e. The molecule has 3 rings (SSSR count). The van der Waals surface area contributed by atoms with Crippen LogP contribution in [0.1, 0.15) is 126 Å². The van der Waals surface area contributed by atoms with Gasteiger partial charge < -0.3 is 4.74 Å². The normalized spacial score (nSPS) is 27.0. The van der Waals surface area contributed by atoms with E-state index in [2.05, 4.69) is 26.0 Å². The topological polar surface area (TPSA) is 26.3 Å². The first-order chi connectivity index (χ1) is 14.7. The maximum Gasteiger partial charge on any atom is 0.338 e. The van der Waals surface area contributed by atoms with Crippen LogP contribution in [0.5, 0.6) is 0 Å². The Morgan fingerprint density at radius 3 is 2.00 bits per heavy atom. The van der Waals surface area contributed by atoms with Gasteiger partial charge in [-0.05, 0) is 86.3 Å². The minimum Gasteiger partial charge on any atom is -0.462 e. The summed E-state index contributed by atoms with van der Waals surface area (Å²) in [6, 6.07) is 8.29. The number of unbranched alkanes of at least 4 members (excludes halogenated alkanes) is 3. The minimum atomic E-state index is -0.170. The third kappa shape index (κ3) is 6.86. The van der Waals surface area contributed by atoms with E-state index in [0.717, 1.165) is 37.0 Å². The second-order valence-corrected chi connectivity index (χ2v) is 10.00. The summed E-state index contributed by atoms with van der Waals surface area (Å²) < 4.78 is 5.39. The average molecular weight is 413 g/mol. The predicted octanol–water partition coefficient (Wildman–Crippen LogP) is 8.30. The van der Waals surface area contributed by atoms with E-state index in [1.54, 1.807) is 0 Å². The number of benzene rings is 1. The van der Waals surface area contributed by atoms with E-state index < -0.39 is 0 Å². The summed E-state index contributed by atoms with van der Waals surface area (Å²) in [6.45, 7) is 5.02. The summed E-state index contributed by atoms with van der Waals surface area (Å²) in [5.41, 5.74) is 2.11. The van der Waals surface area contributed by atoms with Crippen LogP contribution in [0.2, 0.25) is 0 Å². The molecule has 2 nitrogen and oxygen atoms in total. The monoisotopic (exact) mass is 412 g/mol. The Kier molecular flexibility index (Phi) is 9.75. The second kappa shape index (κ2) is 12.5. The summed E-state index contributed by atoms with van der Waals surface area (Å²) >= 11 is 0. The van der Waals surface area contributed by atoms with Gasteiger partial charge in [0, 0.05) is 0 Å². The van der Waals surface area contributed by atoms with E-state index in [1.807, 2.05) is 12.1 Å². The quantitative estimate of drug-likeness (QED) is 0.285. The molecule has 2 heteroatoms. The fourth-order valence-corrected chi connectivity index (χ4v) is 5.86. The van der Waals surface area contributed by atoms with Crippen molar-refractivity contribution in [1.82, 2.24) is 0 Å². The molecule has 0 aliphatic heterocycles. The standard InChI is InChI=1S/C28H44O2/c1-3-5-7-21-30-28(29)27-19-17-26(18-20-27)25-15-13-24(14-16-25)23-11-9-22(10-12-23)8-6-4-2/h17-20,22-25H,3-16,21H2,1-2H3. The molecule has 0 radical (unpaired) electrons. The molecule has 168 valence electrons. The van der Waals surface area contributed by atoms with Crippen molar-refractivity contribution < 1.29 is 9.53 Å². The molecule has 0 unspecified atom stereocenters. The zero-order chi connectivity index (χ0) is 21.2. The molecule has 2 aliphatic carbocycles. The van der Waals surface area contributed by atoms with Crippen molar-refractivity contribution in [3.05, 3.63) is 35.4 Å². The van der Waals surface area contributed by atoms with Crippen LogP contribution in [-0.2, 0) is 4.74 Å². The van der Waals surface area contributed by atoms with Crippen molar-refractivity contribution in [2.24, 2.45) is 17.8 Å². The summed E-state index contributed by atoms with van der Waals surface area (Å²) in [6.07, 6.45) is 18.9. The van der Waals surface area contributed by atoms with Gasteiger partial charge in [0.15, 0.2) is 0 Å². The predicted molar refractivity (Wildman–Crippen MR) is 126 cm³/mol. The Labute approximate surface area is 185 Å². The lowest BCUT2D eigenvalue weighted by molar-refractivity contribution is 0.0498. The van der Waals surface area contributed by atoms with Gasteiger partial charge >= 0.3 is 5.97 Å². The lowest BCUT2D eigenvalue weighted by Crippen LogP contribution is -2.25. The molecule has 0 bridgehead atoms. The van der Waals surface area contributed by atoms with E-state index in [0.29, 0.717) is 18.1 Å². The number of carbonyl (C=O) groups is 1. The number of rotatable bonds is 10. The average Bonchev–Trinajstić information content (AvgIpc) is 2.81.